The summed E-state index contributed by atoms with van der Waals surface area (Å²) in [4.78, 5) is 23.5. The molecule has 146 valence electrons. The molecule has 1 aliphatic heterocycles. The Morgan fingerprint density at radius 3 is 2.57 bits per heavy atom. The van der Waals surface area contributed by atoms with Crippen molar-refractivity contribution in [2.45, 2.75) is 19.8 Å². The SMILES string of the molecule is CCOC(=O)/C=C/c1ccc(NC(=O)CCc2ccc3c(c2)OCCO3)cc1. The predicted molar refractivity (Wildman–Crippen MR) is 106 cm³/mol. The number of amides is 1. The van der Waals surface area contributed by atoms with Crippen molar-refractivity contribution in [2.75, 3.05) is 25.1 Å². The molecule has 0 saturated carbocycles. The molecule has 0 fully saturated rings. The van der Waals surface area contributed by atoms with Crippen LogP contribution in [-0.2, 0) is 20.7 Å². The molecule has 3 rings (SSSR count). The largest absolute Gasteiger partial charge is 0.486 e. The van der Waals surface area contributed by atoms with Crippen LogP contribution in [0.3, 0.4) is 0 Å². The Bertz CT molecular complexity index is 858. The van der Waals surface area contributed by atoms with E-state index in [-0.39, 0.29) is 11.9 Å². The van der Waals surface area contributed by atoms with Crippen LogP contribution in [0.25, 0.3) is 6.08 Å². The van der Waals surface area contributed by atoms with Crippen LogP contribution in [0.4, 0.5) is 5.69 Å². The van der Waals surface area contributed by atoms with E-state index in [1.54, 1.807) is 25.1 Å². The lowest BCUT2D eigenvalue weighted by Crippen LogP contribution is -2.15. The van der Waals surface area contributed by atoms with Crippen LogP contribution in [0, 0.1) is 0 Å². The Balaban J connectivity index is 1.49. The van der Waals surface area contributed by atoms with E-state index in [2.05, 4.69) is 5.32 Å². The van der Waals surface area contributed by atoms with E-state index < -0.39 is 0 Å². The van der Waals surface area contributed by atoms with Crippen molar-refractivity contribution in [3.05, 3.63) is 59.7 Å². The minimum Gasteiger partial charge on any atom is -0.486 e. The summed E-state index contributed by atoms with van der Waals surface area (Å²) in [6.07, 6.45) is 4.03. The third-order valence-corrected chi connectivity index (χ3v) is 4.14. The van der Waals surface area contributed by atoms with Gasteiger partial charge < -0.3 is 19.5 Å². The fourth-order valence-corrected chi connectivity index (χ4v) is 2.76. The Hall–Kier alpha value is -3.28. The van der Waals surface area contributed by atoms with Crippen LogP contribution in [0.15, 0.2) is 48.5 Å². The first kappa shape index (κ1) is 19.5. The van der Waals surface area contributed by atoms with Crippen LogP contribution >= 0.6 is 0 Å². The average molecular weight is 381 g/mol. The highest BCUT2D eigenvalue weighted by atomic mass is 16.6. The zero-order valence-electron chi connectivity index (χ0n) is 15.8. The van der Waals surface area contributed by atoms with Gasteiger partial charge >= 0.3 is 5.97 Å². The molecule has 2 aromatic carbocycles. The molecule has 0 atom stereocenters. The lowest BCUT2D eigenvalue weighted by molar-refractivity contribution is -0.137. The fourth-order valence-electron chi connectivity index (χ4n) is 2.76. The van der Waals surface area contributed by atoms with Gasteiger partial charge in [-0.25, -0.2) is 4.79 Å². The maximum Gasteiger partial charge on any atom is 0.330 e. The number of carbonyl (C=O) groups excluding carboxylic acids is 2. The summed E-state index contributed by atoms with van der Waals surface area (Å²) < 4.78 is 15.9. The highest BCUT2D eigenvalue weighted by molar-refractivity contribution is 5.91. The van der Waals surface area contributed by atoms with Gasteiger partial charge in [0.1, 0.15) is 13.2 Å². The van der Waals surface area contributed by atoms with Crippen molar-refractivity contribution < 1.29 is 23.8 Å². The summed E-state index contributed by atoms with van der Waals surface area (Å²) >= 11 is 0. The molecule has 1 aliphatic rings. The summed E-state index contributed by atoms with van der Waals surface area (Å²) in [7, 11) is 0. The number of aryl methyl sites for hydroxylation is 1. The second kappa shape index (κ2) is 9.60. The number of hydrogen-bond acceptors (Lipinski definition) is 5. The molecular formula is C22H23NO5. The topological polar surface area (TPSA) is 73.9 Å². The van der Waals surface area contributed by atoms with E-state index in [1.807, 2.05) is 30.3 Å². The third-order valence-electron chi connectivity index (χ3n) is 4.14. The quantitative estimate of drug-likeness (QED) is 0.586. The number of anilines is 1. The monoisotopic (exact) mass is 381 g/mol. The van der Waals surface area contributed by atoms with Crippen molar-refractivity contribution in [1.29, 1.82) is 0 Å². The molecule has 28 heavy (non-hydrogen) atoms. The molecule has 0 aliphatic carbocycles. The Kier molecular flexibility index (Phi) is 6.68. The van der Waals surface area contributed by atoms with E-state index in [0.29, 0.717) is 38.3 Å². The van der Waals surface area contributed by atoms with Crippen LogP contribution in [0.5, 0.6) is 11.5 Å². The maximum atomic E-state index is 12.2. The number of nitrogens with one attached hydrogen (secondary N) is 1. The zero-order valence-corrected chi connectivity index (χ0v) is 15.8. The highest BCUT2D eigenvalue weighted by Crippen LogP contribution is 2.31. The average Bonchev–Trinajstić information content (AvgIpc) is 2.72. The van der Waals surface area contributed by atoms with Crippen molar-refractivity contribution in [3.63, 3.8) is 0 Å². The normalized spacial score (nSPS) is 12.6. The van der Waals surface area contributed by atoms with Gasteiger partial charge in [0.2, 0.25) is 5.91 Å². The number of benzene rings is 2. The van der Waals surface area contributed by atoms with Gasteiger partial charge in [-0.2, -0.15) is 0 Å². The molecule has 1 heterocycles. The number of fused-ring (bicyclic) bond motifs is 1. The molecule has 1 N–H and O–H groups in total. The lowest BCUT2D eigenvalue weighted by atomic mass is 10.1. The van der Waals surface area contributed by atoms with Crippen LogP contribution < -0.4 is 14.8 Å². The van der Waals surface area contributed by atoms with Crippen LogP contribution in [-0.4, -0.2) is 31.7 Å². The molecule has 0 radical (unpaired) electrons. The minimum atomic E-state index is -0.376. The molecule has 1 amide bonds. The summed E-state index contributed by atoms with van der Waals surface area (Å²) in [5, 5.41) is 2.88. The van der Waals surface area contributed by atoms with E-state index in [0.717, 1.165) is 22.6 Å². The van der Waals surface area contributed by atoms with Gasteiger partial charge in [0.25, 0.3) is 0 Å². The second-order valence-corrected chi connectivity index (χ2v) is 6.23. The number of hydrogen-bond donors (Lipinski definition) is 1. The van der Waals surface area contributed by atoms with E-state index in [1.165, 1.54) is 6.08 Å². The first-order valence-electron chi connectivity index (χ1n) is 9.27. The molecule has 6 heteroatoms. The van der Waals surface area contributed by atoms with E-state index in [9.17, 15) is 9.59 Å². The Morgan fingerprint density at radius 1 is 1.07 bits per heavy atom. The molecule has 0 unspecified atom stereocenters. The van der Waals surface area contributed by atoms with Gasteiger partial charge in [0.05, 0.1) is 6.61 Å². The fraction of sp³-hybridized carbons (Fsp3) is 0.273. The molecule has 0 spiro atoms. The van der Waals surface area contributed by atoms with Crippen LogP contribution in [0.2, 0.25) is 0 Å². The summed E-state index contributed by atoms with van der Waals surface area (Å²) in [5.74, 6) is 1.04. The van der Waals surface area contributed by atoms with Crippen molar-refractivity contribution in [2.24, 2.45) is 0 Å². The standard InChI is InChI=1S/C22H23NO5/c1-2-26-22(25)12-7-16-3-8-18(9-4-16)23-21(24)11-6-17-5-10-19-20(15-17)28-14-13-27-19/h3-5,7-10,12,15H,2,6,11,13-14H2,1H3,(H,23,24)/b12-7+. The highest BCUT2D eigenvalue weighted by Gasteiger charge is 2.12. The van der Waals surface area contributed by atoms with Gasteiger partial charge in [0.15, 0.2) is 11.5 Å². The van der Waals surface area contributed by atoms with Gasteiger partial charge in [-0.05, 0) is 54.8 Å². The maximum absolute atomic E-state index is 12.2. The smallest absolute Gasteiger partial charge is 0.330 e. The van der Waals surface area contributed by atoms with Gasteiger partial charge in [0, 0.05) is 18.2 Å². The van der Waals surface area contributed by atoms with Gasteiger partial charge in [-0.15, -0.1) is 0 Å². The summed E-state index contributed by atoms with van der Waals surface area (Å²) in [6.45, 7) is 3.21. The molecular weight excluding hydrogens is 358 g/mol. The second-order valence-electron chi connectivity index (χ2n) is 6.23. The Morgan fingerprint density at radius 2 is 1.82 bits per heavy atom. The molecule has 0 saturated heterocycles. The van der Waals surface area contributed by atoms with Gasteiger partial charge in [-0.1, -0.05) is 18.2 Å². The van der Waals surface area contributed by atoms with Gasteiger partial charge in [-0.3, -0.25) is 4.79 Å². The molecule has 0 aromatic heterocycles. The Labute approximate surface area is 164 Å². The first-order valence-corrected chi connectivity index (χ1v) is 9.27. The summed E-state index contributed by atoms with van der Waals surface area (Å²) in [5.41, 5.74) is 2.58. The van der Waals surface area contributed by atoms with Crippen molar-refractivity contribution >= 4 is 23.6 Å². The number of ether oxygens (including phenoxy) is 3. The number of rotatable bonds is 7. The lowest BCUT2D eigenvalue weighted by Gasteiger charge is -2.18. The predicted octanol–water partition coefficient (Wildman–Crippen LogP) is 3.61. The number of carbonyl (C=O) groups is 2. The minimum absolute atomic E-state index is 0.0651. The third kappa shape index (κ3) is 5.61. The molecule has 0 bridgehead atoms. The summed E-state index contributed by atoms with van der Waals surface area (Å²) in [6, 6.07) is 13.0. The van der Waals surface area contributed by atoms with Crippen LogP contribution in [0.1, 0.15) is 24.5 Å². The number of esters is 1. The van der Waals surface area contributed by atoms with E-state index >= 15 is 0 Å². The first-order chi connectivity index (χ1) is 13.6. The van der Waals surface area contributed by atoms with Crippen molar-refractivity contribution in [3.8, 4) is 11.5 Å². The molecule has 2 aromatic rings. The molecule has 6 nitrogen and oxygen atoms in total. The van der Waals surface area contributed by atoms with E-state index in [4.69, 9.17) is 14.2 Å². The zero-order chi connectivity index (χ0) is 19.8. The van der Waals surface area contributed by atoms with Crippen molar-refractivity contribution in [1.82, 2.24) is 0 Å².